The minimum atomic E-state index is -1.03. The lowest BCUT2D eigenvalue weighted by molar-refractivity contribution is -0.145. The Bertz CT molecular complexity index is 1130. The molecular formula is C26H30N2O7. The molecule has 186 valence electrons. The lowest BCUT2D eigenvalue weighted by Crippen LogP contribution is -2.34. The molecule has 0 aliphatic carbocycles. The van der Waals surface area contributed by atoms with Gasteiger partial charge in [0, 0.05) is 30.3 Å². The topological polar surface area (TPSA) is 111 Å². The summed E-state index contributed by atoms with van der Waals surface area (Å²) in [6, 6.07) is 9.84. The van der Waals surface area contributed by atoms with Gasteiger partial charge in [0.05, 0.1) is 13.2 Å². The van der Waals surface area contributed by atoms with Gasteiger partial charge in [0.25, 0.3) is 5.91 Å². The van der Waals surface area contributed by atoms with E-state index in [4.69, 9.17) is 14.2 Å². The monoisotopic (exact) mass is 482 g/mol. The molecule has 35 heavy (non-hydrogen) atoms. The summed E-state index contributed by atoms with van der Waals surface area (Å²) in [7, 11) is 0. The molecule has 0 aromatic heterocycles. The van der Waals surface area contributed by atoms with E-state index >= 15 is 0 Å². The van der Waals surface area contributed by atoms with Crippen LogP contribution in [0, 0.1) is 0 Å². The first kappa shape index (κ1) is 25.7. The van der Waals surface area contributed by atoms with Crippen molar-refractivity contribution in [3.63, 3.8) is 0 Å². The first-order valence-electron chi connectivity index (χ1n) is 11.6. The van der Waals surface area contributed by atoms with E-state index in [0.29, 0.717) is 48.8 Å². The molecule has 0 spiro atoms. The van der Waals surface area contributed by atoms with E-state index in [1.165, 1.54) is 13.8 Å². The Kier molecular flexibility index (Phi) is 8.46. The van der Waals surface area contributed by atoms with E-state index < -0.39 is 24.5 Å². The highest BCUT2D eigenvalue weighted by molar-refractivity contribution is 6.02. The molecule has 9 nitrogen and oxygen atoms in total. The van der Waals surface area contributed by atoms with Crippen LogP contribution in [-0.2, 0) is 20.7 Å². The summed E-state index contributed by atoms with van der Waals surface area (Å²) >= 11 is 0. The maximum atomic E-state index is 12.8. The van der Waals surface area contributed by atoms with Crippen LogP contribution in [0.5, 0.6) is 11.5 Å². The normalized spacial score (nSPS) is 13.0. The fraction of sp³-hybridized carbons (Fsp3) is 0.385. The van der Waals surface area contributed by atoms with E-state index in [9.17, 15) is 19.2 Å². The Hall–Kier alpha value is -3.88. The van der Waals surface area contributed by atoms with Gasteiger partial charge in [0.1, 0.15) is 6.54 Å². The van der Waals surface area contributed by atoms with Gasteiger partial charge in [-0.1, -0.05) is 0 Å². The first-order valence-corrected chi connectivity index (χ1v) is 11.6. The number of amides is 2. The van der Waals surface area contributed by atoms with Crippen LogP contribution in [0.4, 0.5) is 5.69 Å². The van der Waals surface area contributed by atoms with Crippen LogP contribution in [0.15, 0.2) is 36.4 Å². The van der Waals surface area contributed by atoms with Crippen molar-refractivity contribution in [3.8, 4) is 11.5 Å². The third-order valence-electron chi connectivity index (χ3n) is 5.52. The number of anilines is 1. The number of ketones is 1. The maximum Gasteiger partial charge on any atom is 0.326 e. The lowest BCUT2D eigenvalue weighted by atomic mass is 10.0. The number of Topliss-reactive ketones (excluding diaryl/α,β-unsaturated/α-hetero) is 1. The van der Waals surface area contributed by atoms with Crippen LogP contribution in [0.2, 0.25) is 0 Å². The molecule has 1 heterocycles. The molecule has 0 bridgehead atoms. The molecular weight excluding hydrogens is 452 g/mol. The molecule has 0 radical (unpaired) electrons. The zero-order valence-corrected chi connectivity index (χ0v) is 20.4. The number of hydrogen-bond donors (Lipinski definition) is 1. The molecule has 0 unspecified atom stereocenters. The standard InChI is InChI=1S/C26H30N2O7/c1-5-33-22-10-8-20(14-23(22)34-6-2)26(32)27-15-24(30)35-16(3)25(31)19-7-9-21-18(13-19)11-12-28(21)17(4)29/h7-10,13-14,16H,5-6,11-12,15H2,1-4H3,(H,27,32)/t16-/m0/s1. The fourth-order valence-corrected chi connectivity index (χ4v) is 3.86. The molecule has 1 N–H and O–H groups in total. The molecule has 1 aliphatic heterocycles. The SMILES string of the molecule is CCOc1ccc(C(=O)NCC(=O)O[C@@H](C)C(=O)c2ccc3c(c2)CCN3C(C)=O)cc1OCC. The van der Waals surface area contributed by atoms with Crippen LogP contribution in [0.1, 0.15) is 54.0 Å². The number of hydrogen-bond acceptors (Lipinski definition) is 7. The molecule has 3 rings (SSSR count). The summed E-state index contributed by atoms with van der Waals surface area (Å²) < 4.78 is 16.2. The van der Waals surface area contributed by atoms with Crippen molar-refractivity contribution in [2.75, 3.05) is 31.2 Å². The van der Waals surface area contributed by atoms with Crippen molar-refractivity contribution in [2.24, 2.45) is 0 Å². The number of carbonyl (C=O) groups excluding carboxylic acids is 4. The Morgan fingerprint density at radius 2 is 1.66 bits per heavy atom. The Balaban J connectivity index is 1.56. The van der Waals surface area contributed by atoms with E-state index in [1.807, 2.05) is 13.8 Å². The molecule has 2 amide bonds. The Morgan fingerprint density at radius 3 is 2.34 bits per heavy atom. The number of nitrogens with zero attached hydrogens (tertiary/aromatic N) is 1. The van der Waals surface area contributed by atoms with Gasteiger partial charge < -0.3 is 24.4 Å². The highest BCUT2D eigenvalue weighted by Crippen LogP contribution is 2.30. The second-order valence-electron chi connectivity index (χ2n) is 7.97. The van der Waals surface area contributed by atoms with Gasteiger partial charge in [0.15, 0.2) is 17.6 Å². The Morgan fingerprint density at radius 1 is 0.971 bits per heavy atom. The zero-order chi connectivity index (χ0) is 25.5. The van der Waals surface area contributed by atoms with Gasteiger partial charge in [-0.15, -0.1) is 0 Å². The fourth-order valence-electron chi connectivity index (χ4n) is 3.86. The van der Waals surface area contributed by atoms with Gasteiger partial charge >= 0.3 is 5.97 Å². The van der Waals surface area contributed by atoms with Crippen LogP contribution in [-0.4, -0.2) is 56.0 Å². The number of esters is 1. The molecule has 1 aliphatic rings. The third-order valence-corrected chi connectivity index (χ3v) is 5.52. The first-order chi connectivity index (χ1) is 16.7. The van der Waals surface area contributed by atoms with Gasteiger partial charge in [-0.25, -0.2) is 0 Å². The predicted molar refractivity (Wildman–Crippen MR) is 129 cm³/mol. The number of ether oxygens (including phenoxy) is 3. The second-order valence-corrected chi connectivity index (χ2v) is 7.97. The van der Waals surface area contributed by atoms with Crippen molar-refractivity contribution < 1.29 is 33.4 Å². The zero-order valence-electron chi connectivity index (χ0n) is 20.4. The van der Waals surface area contributed by atoms with Crippen LogP contribution in [0.3, 0.4) is 0 Å². The van der Waals surface area contributed by atoms with Crippen molar-refractivity contribution in [2.45, 2.75) is 40.2 Å². The molecule has 9 heteroatoms. The summed E-state index contributed by atoms with van der Waals surface area (Å²) in [6.45, 7) is 7.70. The number of nitrogens with one attached hydrogen (secondary N) is 1. The van der Waals surface area contributed by atoms with Gasteiger partial charge in [-0.05, 0) is 69.2 Å². The lowest BCUT2D eigenvalue weighted by Gasteiger charge is -2.16. The number of rotatable bonds is 10. The maximum absolute atomic E-state index is 12.8. The average molecular weight is 483 g/mol. The molecule has 1 atom stereocenters. The average Bonchev–Trinajstić information content (AvgIpc) is 3.27. The highest BCUT2D eigenvalue weighted by Gasteiger charge is 2.25. The third kappa shape index (κ3) is 6.17. The summed E-state index contributed by atoms with van der Waals surface area (Å²) in [5.41, 5.74) is 2.39. The largest absolute Gasteiger partial charge is 0.490 e. The minimum Gasteiger partial charge on any atom is -0.490 e. The smallest absolute Gasteiger partial charge is 0.326 e. The number of benzene rings is 2. The summed E-state index contributed by atoms with van der Waals surface area (Å²) in [4.78, 5) is 50.9. The van der Waals surface area contributed by atoms with Crippen LogP contribution < -0.4 is 19.7 Å². The van der Waals surface area contributed by atoms with Gasteiger partial charge in [-0.3, -0.25) is 19.2 Å². The molecule has 2 aromatic carbocycles. The predicted octanol–water partition coefficient (Wildman–Crippen LogP) is 2.94. The minimum absolute atomic E-state index is 0.0495. The van der Waals surface area contributed by atoms with Crippen molar-refractivity contribution in [1.82, 2.24) is 5.32 Å². The van der Waals surface area contributed by atoms with E-state index in [2.05, 4.69) is 5.32 Å². The Labute approximate surface area is 204 Å². The summed E-state index contributed by atoms with van der Waals surface area (Å²) in [6.07, 6.45) is -0.370. The summed E-state index contributed by atoms with van der Waals surface area (Å²) in [5.74, 6) is -0.673. The van der Waals surface area contributed by atoms with Crippen molar-refractivity contribution in [3.05, 3.63) is 53.1 Å². The molecule has 0 fully saturated rings. The quantitative estimate of drug-likeness (QED) is 0.409. The highest BCUT2D eigenvalue weighted by atomic mass is 16.5. The summed E-state index contributed by atoms with van der Waals surface area (Å²) in [5, 5.41) is 2.49. The molecule has 0 saturated heterocycles. The van der Waals surface area contributed by atoms with Gasteiger partial charge in [-0.2, -0.15) is 0 Å². The van der Waals surface area contributed by atoms with E-state index in [-0.39, 0.29) is 11.7 Å². The second kappa shape index (κ2) is 11.5. The molecule has 0 saturated carbocycles. The van der Waals surface area contributed by atoms with E-state index in [1.54, 1.807) is 41.3 Å². The van der Waals surface area contributed by atoms with E-state index in [0.717, 1.165) is 11.3 Å². The molecule has 2 aromatic rings. The van der Waals surface area contributed by atoms with Crippen LogP contribution >= 0.6 is 0 Å². The number of carbonyl (C=O) groups is 4. The number of fused-ring (bicyclic) bond motifs is 1. The van der Waals surface area contributed by atoms with Crippen molar-refractivity contribution in [1.29, 1.82) is 0 Å². The van der Waals surface area contributed by atoms with Crippen molar-refractivity contribution >= 4 is 29.3 Å². The van der Waals surface area contributed by atoms with Crippen LogP contribution in [0.25, 0.3) is 0 Å². The van der Waals surface area contributed by atoms with Gasteiger partial charge in [0.2, 0.25) is 11.7 Å².